The number of aliphatic carboxylic acids is 1. The van der Waals surface area contributed by atoms with Crippen LogP contribution in [-0.4, -0.2) is 60.0 Å². The molecule has 1 fully saturated rings. The van der Waals surface area contributed by atoms with Crippen LogP contribution in [0.15, 0.2) is 30.3 Å². The lowest BCUT2D eigenvalue weighted by Gasteiger charge is -2.20. The van der Waals surface area contributed by atoms with Crippen LogP contribution in [0, 0.1) is 0 Å². The first-order valence-electron chi connectivity index (χ1n) is 7.05. The van der Waals surface area contributed by atoms with Crippen molar-refractivity contribution in [3.63, 3.8) is 0 Å². The van der Waals surface area contributed by atoms with E-state index in [1.165, 1.54) is 6.08 Å². The fourth-order valence-corrected chi connectivity index (χ4v) is 2.38. The Hall–Kier alpha value is -2.14. The first-order valence-corrected chi connectivity index (χ1v) is 7.05. The Morgan fingerprint density at radius 3 is 2.76 bits per heavy atom. The van der Waals surface area contributed by atoms with E-state index in [-0.39, 0.29) is 5.91 Å². The van der Waals surface area contributed by atoms with E-state index in [1.54, 1.807) is 24.3 Å². The number of amides is 1. The minimum atomic E-state index is -0.998. The summed E-state index contributed by atoms with van der Waals surface area (Å²) < 4.78 is 0. The normalized spacial score (nSPS) is 16.9. The molecule has 1 aliphatic rings. The van der Waals surface area contributed by atoms with Gasteiger partial charge in [-0.3, -0.25) is 4.79 Å². The van der Waals surface area contributed by atoms with Crippen molar-refractivity contribution in [3.8, 4) is 0 Å². The Balaban J connectivity index is 2.11. The van der Waals surface area contributed by atoms with Crippen LogP contribution in [0.5, 0.6) is 0 Å². The molecule has 1 amide bonds. The van der Waals surface area contributed by atoms with E-state index in [2.05, 4.69) is 11.9 Å². The number of carboxylic acid groups (broad SMARTS) is 1. The maximum atomic E-state index is 12.5. The van der Waals surface area contributed by atoms with Gasteiger partial charge in [0, 0.05) is 31.3 Å². The maximum Gasteiger partial charge on any atom is 0.328 e. The van der Waals surface area contributed by atoms with E-state index < -0.39 is 5.97 Å². The van der Waals surface area contributed by atoms with Gasteiger partial charge < -0.3 is 14.9 Å². The predicted octanol–water partition coefficient (Wildman–Crippen LogP) is 1.56. The molecule has 5 heteroatoms. The van der Waals surface area contributed by atoms with Gasteiger partial charge in [-0.25, -0.2) is 4.79 Å². The van der Waals surface area contributed by atoms with Gasteiger partial charge in [0.25, 0.3) is 5.91 Å². The second-order valence-corrected chi connectivity index (χ2v) is 5.25. The third-order valence-corrected chi connectivity index (χ3v) is 3.56. The molecule has 0 saturated carbocycles. The standard InChI is InChI=1S/C16H20N2O3/c1-17-8-3-9-18(11-10-17)16(21)14-5-2-4-13(12-14)6-7-15(19)20/h2,4-7,12H,3,8-11H2,1H3,(H,19,20). The lowest BCUT2D eigenvalue weighted by atomic mass is 10.1. The van der Waals surface area contributed by atoms with Gasteiger partial charge in [-0.1, -0.05) is 12.1 Å². The minimum absolute atomic E-state index is 0.0101. The highest BCUT2D eigenvalue weighted by atomic mass is 16.4. The number of carboxylic acids is 1. The van der Waals surface area contributed by atoms with Crippen LogP contribution in [0.2, 0.25) is 0 Å². The molecule has 1 aromatic rings. The molecule has 21 heavy (non-hydrogen) atoms. The van der Waals surface area contributed by atoms with Crippen LogP contribution in [0.1, 0.15) is 22.3 Å². The molecule has 1 N–H and O–H groups in total. The van der Waals surface area contributed by atoms with Crippen LogP contribution in [0.3, 0.4) is 0 Å². The van der Waals surface area contributed by atoms with Gasteiger partial charge in [0.05, 0.1) is 0 Å². The zero-order valence-electron chi connectivity index (χ0n) is 12.2. The molecule has 0 spiro atoms. The van der Waals surface area contributed by atoms with Gasteiger partial charge in [-0.15, -0.1) is 0 Å². The van der Waals surface area contributed by atoms with E-state index >= 15 is 0 Å². The second kappa shape index (κ2) is 7.04. The Labute approximate surface area is 124 Å². The summed E-state index contributed by atoms with van der Waals surface area (Å²) >= 11 is 0. The summed E-state index contributed by atoms with van der Waals surface area (Å²) in [5.41, 5.74) is 1.32. The molecule has 0 atom stereocenters. The molecule has 0 radical (unpaired) electrons. The van der Waals surface area contributed by atoms with Crippen molar-refractivity contribution in [3.05, 3.63) is 41.5 Å². The third kappa shape index (κ3) is 4.43. The maximum absolute atomic E-state index is 12.5. The molecule has 1 aliphatic heterocycles. The molecule has 2 rings (SSSR count). The molecule has 0 bridgehead atoms. The number of carbonyl (C=O) groups excluding carboxylic acids is 1. The van der Waals surface area contributed by atoms with E-state index in [4.69, 9.17) is 5.11 Å². The van der Waals surface area contributed by atoms with Crippen LogP contribution in [0.4, 0.5) is 0 Å². The lowest BCUT2D eigenvalue weighted by molar-refractivity contribution is -0.131. The van der Waals surface area contributed by atoms with Gasteiger partial charge >= 0.3 is 5.97 Å². The van der Waals surface area contributed by atoms with Crippen LogP contribution < -0.4 is 0 Å². The summed E-state index contributed by atoms with van der Waals surface area (Å²) in [5.74, 6) is -0.988. The van der Waals surface area contributed by atoms with E-state index in [9.17, 15) is 9.59 Å². The molecule has 1 saturated heterocycles. The topological polar surface area (TPSA) is 60.9 Å². The smallest absolute Gasteiger partial charge is 0.328 e. The first kappa shape index (κ1) is 15.3. The van der Waals surface area contributed by atoms with Crippen LogP contribution in [-0.2, 0) is 4.79 Å². The monoisotopic (exact) mass is 288 g/mol. The summed E-state index contributed by atoms with van der Waals surface area (Å²) in [7, 11) is 2.06. The zero-order valence-corrected chi connectivity index (χ0v) is 12.2. The Morgan fingerprint density at radius 2 is 2.00 bits per heavy atom. The summed E-state index contributed by atoms with van der Waals surface area (Å²) in [5, 5.41) is 8.65. The number of carbonyl (C=O) groups is 2. The highest BCUT2D eigenvalue weighted by Gasteiger charge is 2.18. The van der Waals surface area contributed by atoms with Crippen molar-refractivity contribution in [2.24, 2.45) is 0 Å². The average Bonchev–Trinajstić information content (AvgIpc) is 2.69. The molecule has 0 unspecified atom stereocenters. The molecular formula is C16H20N2O3. The van der Waals surface area contributed by atoms with Gasteiger partial charge in [-0.2, -0.15) is 0 Å². The van der Waals surface area contributed by atoms with Crippen LogP contribution >= 0.6 is 0 Å². The van der Waals surface area contributed by atoms with Gasteiger partial charge in [0.2, 0.25) is 0 Å². The highest BCUT2D eigenvalue weighted by Crippen LogP contribution is 2.12. The average molecular weight is 288 g/mol. The lowest BCUT2D eigenvalue weighted by Crippen LogP contribution is -2.34. The summed E-state index contributed by atoms with van der Waals surface area (Å²) in [4.78, 5) is 27.1. The Bertz CT molecular complexity index is 554. The fourth-order valence-electron chi connectivity index (χ4n) is 2.38. The molecule has 1 heterocycles. The first-order chi connectivity index (χ1) is 10.1. The number of hydrogen-bond donors (Lipinski definition) is 1. The van der Waals surface area contributed by atoms with Gasteiger partial charge in [0.15, 0.2) is 0 Å². The van der Waals surface area contributed by atoms with Crippen molar-refractivity contribution >= 4 is 18.0 Å². The van der Waals surface area contributed by atoms with Crippen molar-refractivity contribution in [2.75, 3.05) is 33.2 Å². The largest absolute Gasteiger partial charge is 0.478 e. The van der Waals surface area contributed by atoms with Gasteiger partial charge in [0.1, 0.15) is 0 Å². The van der Waals surface area contributed by atoms with Crippen LogP contribution in [0.25, 0.3) is 6.08 Å². The fraction of sp³-hybridized carbons (Fsp3) is 0.375. The summed E-state index contributed by atoms with van der Waals surface area (Å²) in [6.07, 6.45) is 3.54. The molecule has 0 aromatic heterocycles. The van der Waals surface area contributed by atoms with E-state index in [0.717, 1.165) is 44.2 Å². The van der Waals surface area contributed by atoms with Crippen molar-refractivity contribution in [2.45, 2.75) is 6.42 Å². The molecule has 5 nitrogen and oxygen atoms in total. The Kier molecular flexibility index (Phi) is 5.11. The number of benzene rings is 1. The molecule has 0 aliphatic carbocycles. The van der Waals surface area contributed by atoms with Crippen molar-refractivity contribution < 1.29 is 14.7 Å². The number of hydrogen-bond acceptors (Lipinski definition) is 3. The minimum Gasteiger partial charge on any atom is -0.478 e. The molecule has 1 aromatic carbocycles. The van der Waals surface area contributed by atoms with Gasteiger partial charge in [-0.05, 0) is 43.8 Å². The second-order valence-electron chi connectivity index (χ2n) is 5.25. The van der Waals surface area contributed by atoms with E-state index in [1.807, 2.05) is 4.90 Å². The van der Waals surface area contributed by atoms with Crippen molar-refractivity contribution in [1.82, 2.24) is 9.80 Å². The number of rotatable bonds is 3. The third-order valence-electron chi connectivity index (χ3n) is 3.56. The number of nitrogens with zero attached hydrogens (tertiary/aromatic N) is 2. The van der Waals surface area contributed by atoms with E-state index in [0.29, 0.717) is 5.56 Å². The predicted molar refractivity (Wildman–Crippen MR) is 81.1 cm³/mol. The number of likely N-dealkylation sites (N-methyl/N-ethyl adjacent to an activating group) is 1. The Morgan fingerprint density at radius 1 is 1.19 bits per heavy atom. The SMILES string of the molecule is CN1CCCN(C(=O)c2cccc(C=CC(=O)O)c2)CC1. The molecular weight excluding hydrogens is 268 g/mol. The summed E-state index contributed by atoms with van der Waals surface area (Å²) in [6, 6.07) is 7.07. The summed E-state index contributed by atoms with van der Waals surface area (Å²) in [6.45, 7) is 3.37. The quantitative estimate of drug-likeness (QED) is 0.858. The molecule has 112 valence electrons. The highest BCUT2D eigenvalue weighted by molar-refractivity contribution is 5.95. The zero-order chi connectivity index (χ0) is 15.2. The van der Waals surface area contributed by atoms with Crippen molar-refractivity contribution in [1.29, 1.82) is 0 Å².